The van der Waals surface area contributed by atoms with E-state index < -0.39 is 5.91 Å². The molecule has 5 nitrogen and oxygen atoms in total. The minimum Gasteiger partial charge on any atom is -0.484 e. The number of nitrogens with one attached hydrogen (secondary N) is 1. The number of amides is 1. The molecule has 1 N–H and O–H groups in total. The molecular weight excluding hydrogens is 491 g/mol. The van der Waals surface area contributed by atoms with Gasteiger partial charge in [0, 0.05) is 20.6 Å². The average molecular weight is 504 g/mol. The van der Waals surface area contributed by atoms with Gasteiger partial charge in [-0.2, -0.15) is 5.26 Å². The van der Waals surface area contributed by atoms with Crippen LogP contribution in [0.4, 0.5) is 5.69 Å². The number of nitriles is 1. The fraction of sp³-hybridized carbons (Fsp3) is 0.0455. The standard InChI is InChI=1S/C22H13BrCl2N2O3/c23-18-7-4-15(24)10-17(18)22(29)14-2-5-16(6-3-14)30-12-21(28)27-20-9-13(11-26)1-8-19(20)25/h1-10H,12H2,(H,27,28). The molecule has 0 heterocycles. The maximum Gasteiger partial charge on any atom is 0.262 e. The Morgan fingerprint density at radius 1 is 1.03 bits per heavy atom. The zero-order chi connectivity index (χ0) is 21.7. The van der Waals surface area contributed by atoms with E-state index in [9.17, 15) is 9.59 Å². The predicted molar refractivity (Wildman–Crippen MR) is 119 cm³/mol. The van der Waals surface area contributed by atoms with E-state index in [0.717, 1.165) is 0 Å². The summed E-state index contributed by atoms with van der Waals surface area (Å²) in [5.41, 5.74) is 1.61. The molecule has 0 saturated heterocycles. The molecule has 30 heavy (non-hydrogen) atoms. The first-order chi connectivity index (χ1) is 14.4. The zero-order valence-electron chi connectivity index (χ0n) is 15.3. The van der Waals surface area contributed by atoms with Crippen LogP contribution in [0, 0.1) is 11.3 Å². The molecule has 0 bridgehead atoms. The summed E-state index contributed by atoms with van der Waals surface area (Å²) in [6.45, 7) is -0.264. The van der Waals surface area contributed by atoms with Crippen LogP contribution in [0.3, 0.4) is 0 Å². The summed E-state index contributed by atoms with van der Waals surface area (Å²) in [5, 5.41) is 12.3. The van der Waals surface area contributed by atoms with Crippen molar-refractivity contribution < 1.29 is 14.3 Å². The van der Waals surface area contributed by atoms with Crippen molar-refractivity contribution in [2.75, 3.05) is 11.9 Å². The van der Waals surface area contributed by atoms with Crippen molar-refractivity contribution in [1.82, 2.24) is 0 Å². The Morgan fingerprint density at radius 3 is 2.47 bits per heavy atom. The summed E-state index contributed by atoms with van der Waals surface area (Å²) in [4.78, 5) is 24.8. The lowest BCUT2D eigenvalue weighted by Crippen LogP contribution is -2.20. The lowest BCUT2D eigenvalue weighted by atomic mass is 10.0. The summed E-state index contributed by atoms with van der Waals surface area (Å²) < 4.78 is 6.10. The molecule has 150 valence electrons. The molecule has 3 rings (SSSR count). The van der Waals surface area contributed by atoms with Crippen LogP contribution in [0.25, 0.3) is 0 Å². The molecule has 0 atom stereocenters. The number of hydrogen-bond donors (Lipinski definition) is 1. The molecule has 0 aliphatic carbocycles. The first kappa shape index (κ1) is 21.8. The molecule has 0 saturated carbocycles. The van der Waals surface area contributed by atoms with E-state index in [1.807, 2.05) is 6.07 Å². The van der Waals surface area contributed by atoms with Crippen molar-refractivity contribution in [2.24, 2.45) is 0 Å². The van der Waals surface area contributed by atoms with Gasteiger partial charge in [-0.05, 0) is 60.7 Å². The zero-order valence-corrected chi connectivity index (χ0v) is 18.4. The van der Waals surface area contributed by atoms with Crippen LogP contribution in [-0.4, -0.2) is 18.3 Å². The molecule has 3 aromatic rings. The van der Waals surface area contributed by atoms with Gasteiger partial charge in [0.2, 0.25) is 0 Å². The SMILES string of the molecule is N#Cc1ccc(Cl)c(NC(=O)COc2ccc(C(=O)c3cc(Cl)ccc3Br)cc2)c1. The lowest BCUT2D eigenvalue weighted by molar-refractivity contribution is -0.118. The number of hydrogen-bond acceptors (Lipinski definition) is 4. The molecule has 0 aliphatic heterocycles. The van der Waals surface area contributed by atoms with Crippen molar-refractivity contribution in [3.05, 3.63) is 91.9 Å². The second kappa shape index (κ2) is 9.77. The molecule has 3 aromatic carbocycles. The topological polar surface area (TPSA) is 79.2 Å². The average Bonchev–Trinajstić information content (AvgIpc) is 2.75. The number of ketones is 1. The molecular formula is C22H13BrCl2N2O3. The number of halogens is 3. The smallest absolute Gasteiger partial charge is 0.262 e. The van der Waals surface area contributed by atoms with Crippen LogP contribution in [-0.2, 0) is 4.79 Å². The van der Waals surface area contributed by atoms with Crippen LogP contribution in [0.1, 0.15) is 21.5 Å². The van der Waals surface area contributed by atoms with Crippen LogP contribution in [0.5, 0.6) is 5.75 Å². The van der Waals surface area contributed by atoms with Crippen molar-refractivity contribution in [3.8, 4) is 11.8 Å². The van der Waals surface area contributed by atoms with Crippen LogP contribution >= 0.6 is 39.1 Å². The van der Waals surface area contributed by atoms with E-state index in [1.165, 1.54) is 12.1 Å². The maximum atomic E-state index is 12.7. The Kier molecular flexibility index (Phi) is 7.11. The number of ether oxygens (including phenoxy) is 1. The van der Waals surface area contributed by atoms with Gasteiger partial charge in [-0.25, -0.2) is 0 Å². The van der Waals surface area contributed by atoms with Gasteiger partial charge in [-0.3, -0.25) is 9.59 Å². The number of anilines is 1. The molecule has 0 aromatic heterocycles. The Morgan fingerprint density at radius 2 is 1.77 bits per heavy atom. The number of rotatable bonds is 6. The van der Waals surface area contributed by atoms with Crippen molar-refractivity contribution >= 4 is 56.5 Å². The van der Waals surface area contributed by atoms with E-state index >= 15 is 0 Å². The van der Waals surface area contributed by atoms with E-state index in [0.29, 0.717) is 42.6 Å². The summed E-state index contributed by atoms with van der Waals surface area (Å²) in [7, 11) is 0. The third-order valence-electron chi connectivity index (χ3n) is 4.03. The van der Waals surface area contributed by atoms with Crippen LogP contribution in [0.15, 0.2) is 65.1 Å². The summed E-state index contributed by atoms with van der Waals surface area (Å²) in [6, 6.07) is 18.0. The second-order valence-corrected chi connectivity index (χ2v) is 7.82. The van der Waals surface area contributed by atoms with Gasteiger partial charge in [-0.1, -0.05) is 39.1 Å². The Balaban J connectivity index is 1.62. The molecule has 8 heteroatoms. The lowest BCUT2D eigenvalue weighted by Gasteiger charge is -2.10. The molecule has 0 aliphatic rings. The maximum absolute atomic E-state index is 12.7. The Hall–Kier alpha value is -2.85. The quantitative estimate of drug-likeness (QED) is 0.426. The van der Waals surface area contributed by atoms with E-state index in [1.54, 1.807) is 48.5 Å². The van der Waals surface area contributed by atoms with Crippen molar-refractivity contribution in [3.63, 3.8) is 0 Å². The molecule has 0 spiro atoms. The summed E-state index contributed by atoms with van der Waals surface area (Å²) in [6.07, 6.45) is 0. The minimum absolute atomic E-state index is 0.194. The van der Waals surface area contributed by atoms with Gasteiger partial charge in [0.05, 0.1) is 22.3 Å². The summed E-state index contributed by atoms with van der Waals surface area (Å²) in [5.74, 6) is -0.209. The third-order valence-corrected chi connectivity index (χ3v) is 5.29. The molecule has 1 amide bonds. The van der Waals surface area contributed by atoms with Gasteiger partial charge in [0.15, 0.2) is 12.4 Å². The van der Waals surface area contributed by atoms with E-state index in [2.05, 4.69) is 21.2 Å². The Bertz CT molecular complexity index is 1160. The molecule has 0 unspecified atom stereocenters. The van der Waals surface area contributed by atoms with Gasteiger partial charge >= 0.3 is 0 Å². The first-order valence-corrected chi connectivity index (χ1v) is 10.1. The van der Waals surface area contributed by atoms with Gasteiger partial charge in [-0.15, -0.1) is 0 Å². The minimum atomic E-state index is -0.435. The normalized spacial score (nSPS) is 10.2. The van der Waals surface area contributed by atoms with E-state index in [-0.39, 0.29) is 12.4 Å². The molecule has 0 radical (unpaired) electrons. The van der Waals surface area contributed by atoms with Gasteiger partial charge < -0.3 is 10.1 Å². The highest BCUT2D eigenvalue weighted by atomic mass is 79.9. The van der Waals surface area contributed by atoms with Crippen LogP contribution < -0.4 is 10.1 Å². The summed E-state index contributed by atoms with van der Waals surface area (Å²) >= 11 is 15.3. The van der Waals surface area contributed by atoms with Gasteiger partial charge in [0.25, 0.3) is 5.91 Å². The first-order valence-electron chi connectivity index (χ1n) is 8.59. The monoisotopic (exact) mass is 502 g/mol. The predicted octanol–water partition coefficient (Wildman–Crippen LogP) is 5.88. The fourth-order valence-corrected chi connectivity index (χ4v) is 3.32. The molecule has 0 fully saturated rings. The third kappa shape index (κ3) is 5.39. The highest BCUT2D eigenvalue weighted by molar-refractivity contribution is 9.10. The fourth-order valence-electron chi connectivity index (χ4n) is 2.56. The van der Waals surface area contributed by atoms with Crippen LogP contribution in [0.2, 0.25) is 10.0 Å². The highest BCUT2D eigenvalue weighted by Crippen LogP contribution is 2.25. The van der Waals surface area contributed by atoms with Crippen molar-refractivity contribution in [1.29, 1.82) is 5.26 Å². The number of nitrogens with zero attached hydrogens (tertiary/aromatic N) is 1. The number of carbonyl (C=O) groups excluding carboxylic acids is 2. The van der Waals surface area contributed by atoms with Crippen molar-refractivity contribution in [2.45, 2.75) is 0 Å². The number of benzene rings is 3. The Labute approximate surface area is 191 Å². The highest BCUT2D eigenvalue weighted by Gasteiger charge is 2.14. The van der Waals surface area contributed by atoms with E-state index in [4.69, 9.17) is 33.2 Å². The van der Waals surface area contributed by atoms with Gasteiger partial charge in [0.1, 0.15) is 5.75 Å². The number of carbonyl (C=O) groups is 2. The largest absolute Gasteiger partial charge is 0.484 e. The second-order valence-electron chi connectivity index (χ2n) is 6.12.